The summed E-state index contributed by atoms with van der Waals surface area (Å²) in [6.07, 6.45) is 1.58. The molecule has 9 nitrogen and oxygen atoms in total. The topological polar surface area (TPSA) is 112 Å². The molecule has 1 aliphatic heterocycles. The normalized spacial score (nSPS) is 13.7. The molecule has 2 aromatic carbocycles. The maximum Gasteiger partial charge on any atom is 0.330 e. The second kappa shape index (κ2) is 10.6. The molecule has 1 atom stereocenters. The van der Waals surface area contributed by atoms with Crippen LogP contribution in [0.3, 0.4) is 0 Å². The van der Waals surface area contributed by atoms with Crippen LogP contribution in [0.25, 0.3) is 10.1 Å². The third-order valence-electron chi connectivity index (χ3n) is 6.32. The Morgan fingerprint density at radius 3 is 2.67 bits per heavy atom. The minimum absolute atomic E-state index is 0.0910. The van der Waals surface area contributed by atoms with Crippen molar-refractivity contribution >= 4 is 55.1 Å². The molecule has 0 saturated carbocycles. The number of nitrogens with zero attached hydrogens (tertiary/aromatic N) is 3. The number of urea groups is 1. The van der Waals surface area contributed by atoms with Gasteiger partial charge in [-0.1, -0.05) is 6.07 Å². The Morgan fingerprint density at radius 2 is 1.90 bits per heavy atom. The number of pyridine rings is 1. The van der Waals surface area contributed by atoms with Crippen molar-refractivity contribution in [3.63, 3.8) is 0 Å². The van der Waals surface area contributed by atoms with Crippen LogP contribution in [0.1, 0.15) is 11.1 Å². The summed E-state index contributed by atoms with van der Waals surface area (Å²) in [7, 11) is -2.86. The van der Waals surface area contributed by atoms with E-state index in [0.29, 0.717) is 23.7 Å². The third-order valence-corrected chi connectivity index (χ3v) is 8.60. The molecule has 0 saturated heterocycles. The lowest BCUT2D eigenvalue weighted by molar-refractivity contribution is -0.120. The molecule has 0 spiro atoms. The number of anilines is 2. The molecule has 0 fully saturated rings. The monoisotopic (exact) mass is 571 g/mol. The van der Waals surface area contributed by atoms with E-state index in [1.807, 2.05) is 22.2 Å². The van der Waals surface area contributed by atoms with Crippen molar-refractivity contribution in [2.24, 2.45) is 0 Å². The minimum atomic E-state index is -4.36. The van der Waals surface area contributed by atoms with Crippen LogP contribution >= 0.6 is 11.3 Å². The highest BCUT2D eigenvalue weighted by molar-refractivity contribution is 7.91. The summed E-state index contributed by atoms with van der Waals surface area (Å²) in [4.78, 5) is 31.8. The largest absolute Gasteiger partial charge is 0.330 e. The van der Waals surface area contributed by atoms with Gasteiger partial charge in [0.25, 0.3) is 0 Å². The van der Waals surface area contributed by atoms with Crippen LogP contribution < -0.4 is 19.2 Å². The van der Waals surface area contributed by atoms with Gasteiger partial charge in [0.1, 0.15) is 23.5 Å². The highest BCUT2D eigenvalue weighted by Crippen LogP contribution is 2.28. The van der Waals surface area contributed by atoms with Gasteiger partial charge in [0, 0.05) is 42.7 Å². The molecule has 2 aromatic heterocycles. The van der Waals surface area contributed by atoms with E-state index in [2.05, 4.69) is 10.3 Å². The number of rotatable bonds is 7. The molecular formula is C26H23F2N5O4S2. The fraction of sp³-hybridized carbons (Fsp3) is 0.192. The number of thiophene rings is 1. The van der Waals surface area contributed by atoms with Gasteiger partial charge in [-0.3, -0.25) is 4.79 Å². The lowest BCUT2D eigenvalue weighted by Gasteiger charge is -2.26. The van der Waals surface area contributed by atoms with Crippen LogP contribution in [0, 0.1) is 11.6 Å². The van der Waals surface area contributed by atoms with E-state index in [-0.39, 0.29) is 24.3 Å². The average molecular weight is 572 g/mol. The van der Waals surface area contributed by atoms with E-state index in [0.717, 1.165) is 26.5 Å². The Labute approximate surface area is 227 Å². The molecule has 2 N–H and O–H groups in total. The molecule has 3 heterocycles. The van der Waals surface area contributed by atoms with Crippen molar-refractivity contribution in [2.45, 2.75) is 18.9 Å². The Bertz CT molecular complexity index is 1660. The molecule has 39 heavy (non-hydrogen) atoms. The summed E-state index contributed by atoms with van der Waals surface area (Å²) in [5, 5.41) is 5.21. The molecule has 202 valence electrons. The van der Waals surface area contributed by atoms with Crippen molar-refractivity contribution in [1.29, 1.82) is 0 Å². The Balaban J connectivity index is 1.38. The van der Waals surface area contributed by atoms with Crippen molar-refractivity contribution < 1.29 is 26.8 Å². The second-order valence-corrected chi connectivity index (χ2v) is 11.5. The fourth-order valence-electron chi connectivity index (χ4n) is 4.46. The van der Waals surface area contributed by atoms with Gasteiger partial charge in [-0.25, -0.2) is 27.6 Å². The molecule has 5 rings (SSSR count). The number of fused-ring (bicyclic) bond motifs is 2. The Kier molecular flexibility index (Phi) is 7.19. The zero-order chi connectivity index (χ0) is 27.7. The highest BCUT2D eigenvalue weighted by atomic mass is 32.2. The van der Waals surface area contributed by atoms with Crippen LogP contribution in [0.2, 0.25) is 0 Å². The van der Waals surface area contributed by atoms with E-state index < -0.39 is 39.8 Å². The zero-order valence-corrected chi connectivity index (χ0v) is 22.2. The van der Waals surface area contributed by atoms with Crippen LogP contribution in [0.15, 0.2) is 66.2 Å². The standard InChI is InChI=1S/C26H23F2N5O4S2/c1-32(21-4-5-23-18(14-21)7-10-38-23)25(34)22(13-16-11-19(27)15-20(28)12-16)30-26(35)31-39(36,37)33-9-6-17-3-2-8-29-24(17)33/h2-5,7-8,10-12,14-15,22H,6,9,13H2,1H3,(H2,30,31,35)/t22-/m0/s1. The fourth-order valence-corrected chi connectivity index (χ4v) is 6.36. The van der Waals surface area contributed by atoms with Crippen LogP contribution in [-0.4, -0.2) is 45.0 Å². The number of carbonyl (C=O) groups is 2. The highest BCUT2D eigenvalue weighted by Gasteiger charge is 2.33. The summed E-state index contributed by atoms with van der Waals surface area (Å²) in [5.41, 5.74) is 1.35. The van der Waals surface area contributed by atoms with E-state index in [4.69, 9.17) is 0 Å². The summed E-state index contributed by atoms with van der Waals surface area (Å²) in [6, 6.07) is 11.0. The average Bonchev–Trinajstić information content (AvgIpc) is 3.53. The first-order valence-electron chi connectivity index (χ1n) is 11.9. The van der Waals surface area contributed by atoms with E-state index in [9.17, 15) is 26.8 Å². The van der Waals surface area contributed by atoms with Gasteiger partial charge < -0.3 is 10.2 Å². The number of carbonyl (C=O) groups excluding carboxylic acids is 2. The number of amides is 3. The first-order chi connectivity index (χ1) is 18.6. The summed E-state index contributed by atoms with van der Waals surface area (Å²) in [6.45, 7) is 0.0910. The Morgan fingerprint density at radius 1 is 1.13 bits per heavy atom. The van der Waals surface area contributed by atoms with Crippen LogP contribution in [0.4, 0.5) is 25.1 Å². The van der Waals surface area contributed by atoms with Gasteiger partial charge in [0.2, 0.25) is 5.91 Å². The van der Waals surface area contributed by atoms with E-state index >= 15 is 0 Å². The third kappa shape index (κ3) is 5.68. The number of hydrogen-bond donors (Lipinski definition) is 2. The smallest absolute Gasteiger partial charge is 0.325 e. The van der Waals surface area contributed by atoms with Crippen molar-refractivity contribution in [3.8, 4) is 0 Å². The lowest BCUT2D eigenvalue weighted by Crippen LogP contribution is -2.54. The van der Waals surface area contributed by atoms with E-state index in [1.165, 1.54) is 18.1 Å². The SMILES string of the molecule is CN(C(=O)[C@H](Cc1cc(F)cc(F)c1)NC(=O)NS(=O)(=O)N1CCc2cccnc21)c1ccc2sccc2c1. The molecule has 1 aliphatic rings. The number of halogens is 2. The number of aromatic nitrogens is 1. The van der Waals surface area contributed by atoms with Gasteiger partial charge in [0.05, 0.1) is 0 Å². The van der Waals surface area contributed by atoms with Gasteiger partial charge in [0.15, 0.2) is 0 Å². The second-order valence-electron chi connectivity index (χ2n) is 8.96. The summed E-state index contributed by atoms with van der Waals surface area (Å²) < 4.78 is 57.6. The quantitative estimate of drug-likeness (QED) is 0.351. The molecule has 0 radical (unpaired) electrons. The molecule has 0 bridgehead atoms. The lowest BCUT2D eigenvalue weighted by atomic mass is 10.0. The molecular weight excluding hydrogens is 548 g/mol. The minimum Gasteiger partial charge on any atom is -0.325 e. The van der Waals surface area contributed by atoms with Crippen molar-refractivity contribution in [1.82, 2.24) is 15.0 Å². The van der Waals surface area contributed by atoms with Gasteiger partial charge in [-0.05, 0) is 70.8 Å². The summed E-state index contributed by atoms with van der Waals surface area (Å²) in [5.74, 6) is -2.10. The predicted molar refractivity (Wildman–Crippen MR) is 145 cm³/mol. The van der Waals surface area contributed by atoms with Gasteiger partial charge in [-0.2, -0.15) is 8.42 Å². The van der Waals surface area contributed by atoms with E-state index in [1.54, 1.807) is 35.6 Å². The van der Waals surface area contributed by atoms with Crippen molar-refractivity contribution in [2.75, 3.05) is 22.8 Å². The summed E-state index contributed by atoms with van der Waals surface area (Å²) >= 11 is 1.54. The maximum absolute atomic E-state index is 13.9. The number of benzene rings is 2. The number of hydrogen-bond acceptors (Lipinski definition) is 6. The molecule has 0 unspecified atom stereocenters. The molecule has 0 aliphatic carbocycles. The van der Waals surface area contributed by atoms with Gasteiger partial charge >= 0.3 is 16.2 Å². The molecule has 4 aromatic rings. The van der Waals surface area contributed by atoms with Crippen LogP contribution in [0.5, 0.6) is 0 Å². The van der Waals surface area contributed by atoms with Gasteiger partial charge in [-0.15, -0.1) is 11.3 Å². The maximum atomic E-state index is 13.9. The predicted octanol–water partition coefficient (Wildman–Crippen LogP) is 3.76. The van der Waals surface area contributed by atoms with Crippen LogP contribution in [-0.2, 0) is 27.8 Å². The molecule has 13 heteroatoms. The number of nitrogens with one attached hydrogen (secondary N) is 2. The number of likely N-dealkylation sites (N-methyl/N-ethyl adjacent to an activating group) is 1. The first-order valence-corrected chi connectivity index (χ1v) is 14.2. The molecule has 3 amide bonds. The first kappa shape index (κ1) is 26.5. The van der Waals surface area contributed by atoms with Crippen molar-refractivity contribution in [3.05, 3.63) is 88.9 Å². The Hall–Kier alpha value is -4.10. The zero-order valence-electron chi connectivity index (χ0n) is 20.6.